The number of aliphatic hydroxyl groups excluding tert-OH is 1. The zero-order valence-electron chi connectivity index (χ0n) is 17.7. The number of aliphatic hydroxyl groups is 1. The van der Waals surface area contributed by atoms with Crippen LogP contribution in [-0.4, -0.2) is 40.5 Å². The minimum atomic E-state index is -0.270. The summed E-state index contributed by atoms with van der Waals surface area (Å²) in [7, 11) is 3.40. The van der Waals surface area contributed by atoms with Crippen molar-refractivity contribution in [1.29, 1.82) is 0 Å². The van der Waals surface area contributed by atoms with Gasteiger partial charge in [0.2, 0.25) is 5.91 Å². The van der Waals surface area contributed by atoms with Crippen LogP contribution in [0.3, 0.4) is 0 Å². The molecule has 0 unspecified atom stereocenters. The van der Waals surface area contributed by atoms with E-state index < -0.39 is 0 Å². The van der Waals surface area contributed by atoms with Gasteiger partial charge in [0.05, 0.1) is 23.9 Å². The summed E-state index contributed by atoms with van der Waals surface area (Å²) in [6.45, 7) is 0.00772. The van der Waals surface area contributed by atoms with Crippen molar-refractivity contribution in [3.63, 3.8) is 0 Å². The molecular weight excluding hydrogens is 449 g/mol. The van der Waals surface area contributed by atoms with E-state index in [9.17, 15) is 14.7 Å². The number of aromatic nitrogens is 1. The predicted octanol–water partition coefficient (Wildman–Crippen LogP) is 4.31. The highest BCUT2D eigenvalue weighted by Gasteiger charge is 2.13. The molecule has 2 amide bonds. The summed E-state index contributed by atoms with van der Waals surface area (Å²) in [5.74, 6) is -0.336. The van der Waals surface area contributed by atoms with Crippen molar-refractivity contribution < 1.29 is 14.7 Å². The summed E-state index contributed by atoms with van der Waals surface area (Å²) >= 11 is 12.5. The van der Waals surface area contributed by atoms with Gasteiger partial charge < -0.3 is 19.9 Å². The predicted molar refractivity (Wildman–Crippen MR) is 127 cm³/mol. The molecule has 6 nitrogen and oxygen atoms in total. The van der Waals surface area contributed by atoms with Crippen molar-refractivity contribution in [3.8, 4) is 5.69 Å². The van der Waals surface area contributed by atoms with E-state index in [-0.39, 0.29) is 25.0 Å². The van der Waals surface area contributed by atoms with E-state index in [0.29, 0.717) is 26.9 Å². The average Bonchev–Trinajstić information content (AvgIpc) is 3.24. The fraction of sp³-hybridized carbons (Fsp3) is 0.167. The lowest BCUT2D eigenvalue weighted by Crippen LogP contribution is -2.22. The van der Waals surface area contributed by atoms with E-state index in [1.165, 1.54) is 11.0 Å². The van der Waals surface area contributed by atoms with E-state index >= 15 is 0 Å². The van der Waals surface area contributed by atoms with E-state index in [2.05, 4.69) is 5.32 Å². The number of benzene rings is 2. The van der Waals surface area contributed by atoms with Crippen LogP contribution in [0.25, 0.3) is 11.8 Å². The Morgan fingerprint density at radius 1 is 1.09 bits per heavy atom. The zero-order chi connectivity index (χ0) is 23.3. The van der Waals surface area contributed by atoms with Gasteiger partial charge in [-0.3, -0.25) is 9.59 Å². The molecule has 2 N–H and O–H groups in total. The maximum Gasteiger partial charge on any atom is 0.253 e. The SMILES string of the molecule is CN(C)C(=O)c1ccc(/C=C/C(=O)NCc2cccn2-c2ccc(Cl)c(CO)c2Cl)cc1. The Kier molecular flexibility index (Phi) is 7.75. The van der Waals surface area contributed by atoms with Crippen molar-refractivity contribution in [3.05, 3.63) is 93.2 Å². The smallest absolute Gasteiger partial charge is 0.253 e. The number of nitrogens with one attached hydrogen (secondary N) is 1. The van der Waals surface area contributed by atoms with Crippen LogP contribution in [0.5, 0.6) is 0 Å². The second-order valence-electron chi connectivity index (χ2n) is 7.26. The van der Waals surface area contributed by atoms with Crippen LogP contribution >= 0.6 is 23.2 Å². The molecule has 0 atom stereocenters. The molecule has 0 aliphatic rings. The van der Waals surface area contributed by atoms with Crippen LogP contribution in [-0.2, 0) is 17.9 Å². The molecule has 8 heteroatoms. The second kappa shape index (κ2) is 10.5. The number of rotatable bonds is 7. The Balaban J connectivity index is 1.66. The van der Waals surface area contributed by atoms with Crippen LogP contribution in [0.2, 0.25) is 10.0 Å². The maximum absolute atomic E-state index is 12.3. The Hall–Kier alpha value is -3.06. The molecule has 2 aromatic carbocycles. The molecule has 0 fully saturated rings. The van der Waals surface area contributed by atoms with Crippen molar-refractivity contribution >= 4 is 41.1 Å². The number of carbonyl (C=O) groups is 2. The molecular formula is C24H23Cl2N3O3. The molecule has 0 saturated carbocycles. The van der Waals surface area contributed by atoms with Gasteiger partial charge in [0, 0.05) is 48.2 Å². The molecule has 3 aromatic rings. The second-order valence-corrected chi connectivity index (χ2v) is 8.04. The maximum atomic E-state index is 12.3. The minimum Gasteiger partial charge on any atom is -0.392 e. The third kappa shape index (κ3) is 5.40. The summed E-state index contributed by atoms with van der Waals surface area (Å²) in [6.07, 6.45) is 4.95. The average molecular weight is 472 g/mol. The first-order valence-corrected chi connectivity index (χ1v) is 10.6. The summed E-state index contributed by atoms with van der Waals surface area (Å²) in [6, 6.07) is 14.2. The molecule has 1 aromatic heterocycles. The lowest BCUT2D eigenvalue weighted by atomic mass is 10.1. The van der Waals surface area contributed by atoms with Crippen LogP contribution in [0.15, 0.2) is 60.8 Å². The van der Waals surface area contributed by atoms with E-state index in [4.69, 9.17) is 23.2 Å². The molecule has 0 aliphatic heterocycles. The highest BCUT2D eigenvalue weighted by Crippen LogP contribution is 2.31. The van der Waals surface area contributed by atoms with Gasteiger partial charge >= 0.3 is 0 Å². The van der Waals surface area contributed by atoms with Crippen molar-refractivity contribution in [1.82, 2.24) is 14.8 Å². The van der Waals surface area contributed by atoms with E-state index in [1.807, 2.05) is 22.9 Å². The number of hydrogen-bond donors (Lipinski definition) is 2. The number of halogens is 2. The lowest BCUT2D eigenvalue weighted by Gasteiger charge is -2.14. The quantitative estimate of drug-likeness (QED) is 0.504. The summed E-state index contributed by atoms with van der Waals surface area (Å²) in [5, 5.41) is 13.1. The van der Waals surface area contributed by atoms with Gasteiger partial charge in [-0.2, -0.15) is 0 Å². The van der Waals surface area contributed by atoms with Gasteiger partial charge in [0.1, 0.15) is 0 Å². The first-order valence-electron chi connectivity index (χ1n) is 9.83. The summed E-state index contributed by atoms with van der Waals surface area (Å²) < 4.78 is 1.84. The van der Waals surface area contributed by atoms with Gasteiger partial charge in [0.25, 0.3) is 5.91 Å². The summed E-state index contributed by atoms with van der Waals surface area (Å²) in [5.41, 5.74) is 3.32. The molecule has 3 rings (SSSR count). The third-order valence-electron chi connectivity index (χ3n) is 4.85. The van der Waals surface area contributed by atoms with Gasteiger partial charge in [0.15, 0.2) is 0 Å². The third-order valence-corrected chi connectivity index (χ3v) is 5.63. The largest absolute Gasteiger partial charge is 0.392 e. The molecule has 166 valence electrons. The number of amides is 2. The molecule has 0 aliphatic carbocycles. The van der Waals surface area contributed by atoms with Gasteiger partial charge in [-0.1, -0.05) is 35.3 Å². The van der Waals surface area contributed by atoms with Crippen LogP contribution < -0.4 is 5.32 Å². The molecule has 0 radical (unpaired) electrons. The lowest BCUT2D eigenvalue weighted by molar-refractivity contribution is -0.116. The normalized spacial score (nSPS) is 11.0. The van der Waals surface area contributed by atoms with E-state index in [0.717, 1.165) is 11.3 Å². The number of hydrogen-bond acceptors (Lipinski definition) is 3. The van der Waals surface area contributed by atoms with Crippen molar-refractivity contribution in [2.45, 2.75) is 13.2 Å². The first kappa shape index (κ1) is 23.6. The van der Waals surface area contributed by atoms with Crippen LogP contribution in [0.1, 0.15) is 27.2 Å². The van der Waals surface area contributed by atoms with Crippen LogP contribution in [0, 0.1) is 0 Å². The van der Waals surface area contributed by atoms with Gasteiger partial charge in [-0.15, -0.1) is 0 Å². The topological polar surface area (TPSA) is 74.6 Å². The highest BCUT2D eigenvalue weighted by molar-refractivity contribution is 6.37. The summed E-state index contributed by atoms with van der Waals surface area (Å²) in [4.78, 5) is 25.7. The Morgan fingerprint density at radius 2 is 1.81 bits per heavy atom. The molecule has 32 heavy (non-hydrogen) atoms. The van der Waals surface area contributed by atoms with Crippen molar-refractivity contribution in [2.75, 3.05) is 14.1 Å². The highest BCUT2D eigenvalue weighted by atomic mass is 35.5. The van der Waals surface area contributed by atoms with Gasteiger partial charge in [-0.05, 0) is 48.0 Å². The van der Waals surface area contributed by atoms with E-state index in [1.54, 1.807) is 56.6 Å². The molecule has 0 bridgehead atoms. The fourth-order valence-electron chi connectivity index (χ4n) is 3.12. The Morgan fingerprint density at radius 3 is 2.47 bits per heavy atom. The Labute approximate surface area is 196 Å². The van der Waals surface area contributed by atoms with Crippen LogP contribution in [0.4, 0.5) is 0 Å². The zero-order valence-corrected chi connectivity index (χ0v) is 19.2. The fourth-order valence-corrected chi connectivity index (χ4v) is 3.70. The number of nitrogens with zero attached hydrogens (tertiary/aromatic N) is 2. The van der Waals surface area contributed by atoms with Crippen molar-refractivity contribution in [2.24, 2.45) is 0 Å². The monoisotopic (exact) mass is 471 g/mol. The Bertz CT molecular complexity index is 1150. The standard InChI is InChI=1S/C24H23Cl2N3O3/c1-28(2)24(32)17-8-5-16(6-9-17)7-12-22(31)27-14-18-4-3-13-29(18)21-11-10-20(25)19(15-30)23(21)26/h3-13,30H,14-15H2,1-2H3,(H,27,31)/b12-7+. The number of carbonyl (C=O) groups excluding carboxylic acids is 2. The molecule has 0 spiro atoms. The van der Waals surface area contributed by atoms with Gasteiger partial charge in [-0.25, -0.2) is 0 Å². The molecule has 0 saturated heterocycles. The minimum absolute atomic E-state index is 0.0758. The first-order chi connectivity index (χ1) is 15.3. The molecule has 1 heterocycles.